The third kappa shape index (κ3) is 3.99. The maximum Gasteiger partial charge on any atom is 0.204 e. The Bertz CT molecular complexity index is 1580. The molecule has 40 heavy (non-hydrogen) atoms. The third-order valence-electron chi connectivity index (χ3n) is 8.51. The van der Waals surface area contributed by atoms with Gasteiger partial charge in [0.2, 0.25) is 5.82 Å². The standard InChI is InChI=1S/C29H31N7O4/c1-2-35-10-5-20-22(35)16-19(17-23(20)36-11-13-39-14-12-36)26(37)25-27(38)21-15-18(28-31-33-34-32-28)3-4-24(21)40-29(25)6-8-30-9-7-29/h3-5,10,15-17,25,30H,2,6-9,11-14H2,1H3,(H,31,32,33,34). The number of ketones is 2. The number of ether oxygens (including phenoxy) is 2. The van der Waals surface area contributed by atoms with E-state index in [-0.39, 0.29) is 11.6 Å². The highest BCUT2D eigenvalue weighted by Gasteiger charge is 2.54. The van der Waals surface area contributed by atoms with E-state index in [1.807, 2.05) is 18.2 Å². The molecule has 3 aliphatic rings. The molecule has 5 heterocycles. The van der Waals surface area contributed by atoms with E-state index in [9.17, 15) is 9.59 Å². The van der Waals surface area contributed by atoms with Gasteiger partial charge in [-0.3, -0.25) is 9.59 Å². The number of H-pyrrole nitrogens is 1. The lowest BCUT2D eigenvalue weighted by Gasteiger charge is -2.45. The number of rotatable bonds is 5. The van der Waals surface area contributed by atoms with Crippen molar-refractivity contribution in [2.45, 2.75) is 31.9 Å². The van der Waals surface area contributed by atoms with Crippen molar-refractivity contribution < 1.29 is 19.1 Å². The summed E-state index contributed by atoms with van der Waals surface area (Å²) in [4.78, 5) is 31.2. The first-order valence-electron chi connectivity index (χ1n) is 13.9. The summed E-state index contributed by atoms with van der Waals surface area (Å²) in [6.07, 6.45) is 3.18. The molecule has 4 aromatic rings. The Morgan fingerprint density at radius 3 is 2.70 bits per heavy atom. The number of nitrogens with zero attached hydrogens (tertiary/aromatic N) is 5. The second kappa shape index (κ2) is 9.83. The van der Waals surface area contributed by atoms with Crippen LogP contribution >= 0.6 is 0 Å². The van der Waals surface area contributed by atoms with Gasteiger partial charge in [-0.15, -0.1) is 10.2 Å². The average Bonchev–Trinajstić information content (AvgIpc) is 3.68. The molecular weight excluding hydrogens is 510 g/mol. The van der Waals surface area contributed by atoms with Crippen LogP contribution in [0.5, 0.6) is 5.75 Å². The van der Waals surface area contributed by atoms with Crippen molar-refractivity contribution in [2.24, 2.45) is 5.92 Å². The lowest BCUT2D eigenvalue weighted by molar-refractivity contribution is -0.0138. The van der Waals surface area contributed by atoms with Gasteiger partial charge in [-0.25, -0.2) is 0 Å². The van der Waals surface area contributed by atoms with Gasteiger partial charge in [0.25, 0.3) is 0 Å². The number of benzene rings is 2. The Balaban J connectivity index is 1.35. The first-order valence-corrected chi connectivity index (χ1v) is 13.9. The van der Waals surface area contributed by atoms with E-state index in [4.69, 9.17) is 9.47 Å². The molecule has 1 spiro atoms. The Morgan fingerprint density at radius 2 is 1.95 bits per heavy atom. The summed E-state index contributed by atoms with van der Waals surface area (Å²) in [5.41, 5.74) is 2.60. The maximum atomic E-state index is 14.6. The lowest BCUT2D eigenvalue weighted by atomic mass is 9.70. The number of anilines is 1. The van der Waals surface area contributed by atoms with Crippen LogP contribution in [0.4, 0.5) is 5.69 Å². The van der Waals surface area contributed by atoms with E-state index >= 15 is 0 Å². The number of aromatic amines is 1. The van der Waals surface area contributed by atoms with E-state index < -0.39 is 11.5 Å². The fourth-order valence-corrected chi connectivity index (χ4v) is 6.43. The van der Waals surface area contributed by atoms with Crippen molar-refractivity contribution in [3.8, 4) is 17.1 Å². The number of piperidine rings is 1. The Morgan fingerprint density at radius 1 is 1.12 bits per heavy atom. The fraction of sp³-hybridized carbons (Fsp3) is 0.414. The van der Waals surface area contributed by atoms with Gasteiger partial charge >= 0.3 is 0 Å². The van der Waals surface area contributed by atoms with Crippen molar-refractivity contribution in [3.05, 3.63) is 53.7 Å². The number of Topliss-reactive ketones (excluding diaryl/α,β-unsaturated/α-hetero) is 2. The molecule has 2 fully saturated rings. The summed E-state index contributed by atoms with van der Waals surface area (Å²) in [5, 5.41) is 18.6. The molecule has 2 saturated heterocycles. The monoisotopic (exact) mass is 541 g/mol. The zero-order valence-corrected chi connectivity index (χ0v) is 22.4. The van der Waals surface area contributed by atoms with E-state index in [0.29, 0.717) is 67.4 Å². The van der Waals surface area contributed by atoms with Gasteiger partial charge in [-0.2, -0.15) is 5.21 Å². The number of aryl methyl sites for hydroxylation is 1. The Kier molecular flexibility index (Phi) is 6.12. The summed E-state index contributed by atoms with van der Waals surface area (Å²) in [6.45, 7) is 6.97. The lowest BCUT2D eigenvalue weighted by Crippen LogP contribution is -2.58. The SMILES string of the molecule is CCn1ccc2c(N3CCOCC3)cc(C(=O)C3C(=O)c4cc(-c5nn[nH]n5)ccc4OC34CCNCC4)cc21. The van der Waals surface area contributed by atoms with E-state index in [1.165, 1.54) is 0 Å². The van der Waals surface area contributed by atoms with Crippen molar-refractivity contribution in [1.29, 1.82) is 0 Å². The van der Waals surface area contributed by atoms with Crippen LogP contribution in [-0.2, 0) is 11.3 Å². The third-order valence-corrected chi connectivity index (χ3v) is 8.51. The molecule has 0 bridgehead atoms. The first-order chi connectivity index (χ1) is 19.6. The maximum absolute atomic E-state index is 14.6. The molecule has 0 aliphatic carbocycles. The van der Waals surface area contributed by atoms with Crippen LogP contribution in [0.2, 0.25) is 0 Å². The van der Waals surface area contributed by atoms with E-state index in [2.05, 4.69) is 54.6 Å². The van der Waals surface area contributed by atoms with Gasteiger partial charge in [0.1, 0.15) is 17.3 Å². The number of hydrogen-bond donors (Lipinski definition) is 2. The van der Waals surface area contributed by atoms with Gasteiger partial charge in [-0.1, -0.05) is 0 Å². The summed E-state index contributed by atoms with van der Waals surface area (Å²) in [5.74, 6) is -0.531. The molecule has 11 heteroatoms. The average molecular weight is 542 g/mol. The number of tetrazole rings is 1. The smallest absolute Gasteiger partial charge is 0.204 e. The molecule has 2 aromatic heterocycles. The summed E-state index contributed by atoms with van der Waals surface area (Å²) in [6, 6.07) is 11.3. The van der Waals surface area contributed by atoms with Crippen LogP contribution in [0.1, 0.15) is 40.5 Å². The van der Waals surface area contributed by atoms with E-state index in [0.717, 1.165) is 36.2 Å². The van der Waals surface area contributed by atoms with Gasteiger partial charge in [0.15, 0.2) is 11.6 Å². The van der Waals surface area contributed by atoms with Crippen molar-refractivity contribution in [1.82, 2.24) is 30.5 Å². The molecule has 2 N–H and O–H groups in total. The van der Waals surface area contributed by atoms with E-state index in [1.54, 1.807) is 12.1 Å². The van der Waals surface area contributed by atoms with Crippen molar-refractivity contribution in [3.63, 3.8) is 0 Å². The molecule has 11 nitrogen and oxygen atoms in total. The Hall–Kier alpha value is -4.09. The van der Waals surface area contributed by atoms with Gasteiger partial charge in [0, 0.05) is 60.9 Å². The largest absolute Gasteiger partial charge is 0.485 e. The van der Waals surface area contributed by atoms with Gasteiger partial charge < -0.3 is 24.3 Å². The van der Waals surface area contributed by atoms with Crippen LogP contribution in [0.15, 0.2) is 42.6 Å². The van der Waals surface area contributed by atoms with Crippen LogP contribution < -0.4 is 15.0 Å². The Labute approximate surface area is 230 Å². The van der Waals surface area contributed by atoms with Gasteiger partial charge in [-0.05, 0) is 61.6 Å². The zero-order valence-electron chi connectivity index (χ0n) is 22.4. The van der Waals surface area contributed by atoms with Crippen molar-refractivity contribution in [2.75, 3.05) is 44.3 Å². The molecule has 1 atom stereocenters. The summed E-state index contributed by atoms with van der Waals surface area (Å²) >= 11 is 0. The highest BCUT2D eigenvalue weighted by Crippen LogP contribution is 2.45. The minimum Gasteiger partial charge on any atom is -0.485 e. The van der Waals surface area contributed by atoms with Crippen LogP contribution in [0, 0.1) is 5.92 Å². The zero-order chi connectivity index (χ0) is 27.3. The minimum absolute atomic E-state index is 0.206. The molecule has 206 valence electrons. The molecule has 7 rings (SSSR count). The van der Waals surface area contributed by atoms with Crippen LogP contribution in [-0.4, -0.2) is 81.8 Å². The molecule has 0 saturated carbocycles. The number of aromatic nitrogens is 5. The molecule has 3 aliphatic heterocycles. The normalized spacial score (nSPS) is 20.5. The predicted molar refractivity (Wildman–Crippen MR) is 148 cm³/mol. The second-order valence-corrected chi connectivity index (χ2v) is 10.7. The highest BCUT2D eigenvalue weighted by molar-refractivity contribution is 6.20. The molecule has 1 unspecified atom stereocenters. The second-order valence-electron chi connectivity index (χ2n) is 10.7. The highest BCUT2D eigenvalue weighted by atomic mass is 16.5. The fourth-order valence-electron chi connectivity index (χ4n) is 6.43. The molecule has 0 radical (unpaired) electrons. The van der Waals surface area contributed by atoms with Crippen LogP contribution in [0.3, 0.4) is 0 Å². The van der Waals surface area contributed by atoms with Crippen molar-refractivity contribution >= 4 is 28.2 Å². The van der Waals surface area contributed by atoms with Gasteiger partial charge in [0.05, 0.1) is 24.3 Å². The number of nitrogens with one attached hydrogen (secondary N) is 2. The predicted octanol–water partition coefficient (Wildman–Crippen LogP) is 2.87. The number of carbonyl (C=O) groups is 2. The number of carbonyl (C=O) groups excluding carboxylic acids is 2. The topological polar surface area (TPSA) is 127 Å². The molecular formula is C29H31N7O4. The summed E-state index contributed by atoms with van der Waals surface area (Å²) in [7, 11) is 0. The quantitative estimate of drug-likeness (QED) is 0.290. The number of morpholine rings is 1. The van der Waals surface area contributed by atoms with Crippen LogP contribution in [0.25, 0.3) is 22.3 Å². The molecule has 2 aromatic carbocycles. The first kappa shape index (κ1) is 24.9. The minimum atomic E-state index is -0.970. The number of fused-ring (bicyclic) bond motifs is 2. The number of hydrogen-bond acceptors (Lipinski definition) is 9. The summed E-state index contributed by atoms with van der Waals surface area (Å²) < 4.78 is 14.4. The molecule has 0 amide bonds.